The number of fused-ring (bicyclic) bond motifs is 1. The minimum absolute atomic E-state index is 0.0152. The zero-order valence-corrected chi connectivity index (χ0v) is 21.9. The van der Waals surface area contributed by atoms with Crippen molar-refractivity contribution in [3.8, 4) is 34.8 Å². The van der Waals surface area contributed by atoms with Gasteiger partial charge in [-0.2, -0.15) is 5.26 Å². The molecule has 196 valence electrons. The van der Waals surface area contributed by atoms with E-state index in [4.69, 9.17) is 29.4 Å². The van der Waals surface area contributed by atoms with Crippen molar-refractivity contribution in [2.75, 3.05) is 19.8 Å². The molecule has 4 rings (SSSR count). The van der Waals surface area contributed by atoms with Gasteiger partial charge in [0.15, 0.2) is 18.1 Å². The second kappa shape index (κ2) is 11.6. The first-order valence-corrected chi connectivity index (χ1v) is 12.4. The van der Waals surface area contributed by atoms with Gasteiger partial charge in [0.25, 0.3) is 0 Å². The first kappa shape index (κ1) is 26.4. The summed E-state index contributed by atoms with van der Waals surface area (Å²) >= 11 is 0. The number of benzene rings is 3. The van der Waals surface area contributed by atoms with Crippen molar-refractivity contribution >= 4 is 5.97 Å². The summed E-state index contributed by atoms with van der Waals surface area (Å²) in [5.74, 6) is 1.39. The van der Waals surface area contributed by atoms with Crippen molar-refractivity contribution < 1.29 is 28.5 Å². The lowest BCUT2D eigenvalue weighted by atomic mass is 9.83. The van der Waals surface area contributed by atoms with Crippen LogP contribution in [0.5, 0.6) is 28.7 Å². The van der Waals surface area contributed by atoms with E-state index in [0.29, 0.717) is 41.8 Å². The first-order chi connectivity index (χ1) is 18.4. The van der Waals surface area contributed by atoms with Crippen LogP contribution in [0.1, 0.15) is 42.0 Å². The molecule has 8 nitrogen and oxygen atoms in total. The number of allylic oxidation sites excluding steroid dienone is 1. The van der Waals surface area contributed by atoms with Crippen molar-refractivity contribution in [2.24, 2.45) is 5.73 Å². The van der Waals surface area contributed by atoms with Gasteiger partial charge >= 0.3 is 5.97 Å². The molecule has 0 saturated heterocycles. The molecular weight excluding hydrogens is 484 g/mol. The van der Waals surface area contributed by atoms with Gasteiger partial charge in [0, 0.05) is 11.6 Å². The summed E-state index contributed by atoms with van der Waals surface area (Å²) < 4.78 is 28.4. The molecular formula is C30H30N2O6. The number of carbonyl (C=O) groups is 1. The number of hydrogen-bond donors (Lipinski definition) is 1. The Balaban J connectivity index is 1.59. The van der Waals surface area contributed by atoms with Crippen molar-refractivity contribution in [3.63, 3.8) is 0 Å². The minimum Gasteiger partial charge on any atom is -0.490 e. The lowest BCUT2D eigenvalue weighted by Crippen LogP contribution is -2.22. The molecule has 0 saturated carbocycles. The van der Waals surface area contributed by atoms with Crippen LogP contribution in [0.2, 0.25) is 0 Å². The number of ether oxygens (including phenoxy) is 5. The number of rotatable bonds is 9. The highest BCUT2D eigenvalue weighted by atomic mass is 16.6. The van der Waals surface area contributed by atoms with Crippen molar-refractivity contribution in [2.45, 2.75) is 33.6 Å². The number of nitrogens with two attached hydrogens (primary N) is 1. The Morgan fingerprint density at radius 2 is 1.74 bits per heavy atom. The van der Waals surface area contributed by atoms with E-state index in [1.54, 1.807) is 18.2 Å². The molecule has 0 aromatic heterocycles. The summed E-state index contributed by atoms with van der Waals surface area (Å²) in [7, 11) is 0. The number of nitrogens with zero attached hydrogens (tertiary/aromatic N) is 1. The summed E-state index contributed by atoms with van der Waals surface area (Å²) in [6.07, 6.45) is 0. The van der Waals surface area contributed by atoms with Gasteiger partial charge in [0.1, 0.15) is 28.9 Å². The Kier molecular flexibility index (Phi) is 8.07. The molecule has 0 aliphatic carbocycles. The van der Waals surface area contributed by atoms with Crippen LogP contribution in [0.4, 0.5) is 0 Å². The third-order valence-electron chi connectivity index (χ3n) is 6.22. The Morgan fingerprint density at radius 3 is 2.47 bits per heavy atom. The molecule has 2 N–H and O–H groups in total. The van der Waals surface area contributed by atoms with E-state index in [-0.39, 0.29) is 23.8 Å². The first-order valence-electron chi connectivity index (χ1n) is 12.4. The molecule has 0 fully saturated rings. The van der Waals surface area contributed by atoms with E-state index in [1.807, 2.05) is 64.1 Å². The number of nitriles is 1. The average molecular weight is 515 g/mol. The fourth-order valence-corrected chi connectivity index (χ4v) is 4.27. The highest BCUT2D eigenvalue weighted by Crippen LogP contribution is 2.45. The van der Waals surface area contributed by atoms with E-state index < -0.39 is 11.9 Å². The van der Waals surface area contributed by atoms with E-state index in [1.165, 1.54) is 0 Å². The van der Waals surface area contributed by atoms with Crippen LogP contribution in [0, 0.1) is 25.2 Å². The molecule has 0 spiro atoms. The predicted molar refractivity (Wildman–Crippen MR) is 142 cm³/mol. The number of esters is 1. The largest absolute Gasteiger partial charge is 0.490 e. The summed E-state index contributed by atoms with van der Waals surface area (Å²) in [6.45, 7) is 8.40. The Bertz CT molecular complexity index is 1420. The molecule has 0 bridgehead atoms. The number of carbonyl (C=O) groups excluding carboxylic acids is 1. The molecule has 8 heteroatoms. The van der Waals surface area contributed by atoms with Crippen LogP contribution >= 0.6 is 0 Å². The summed E-state index contributed by atoms with van der Waals surface area (Å²) in [4.78, 5) is 12.5. The summed E-state index contributed by atoms with van der Waals surface area (Å²) in [5, 5.41) is 9.89. The fraction of sp³-hybridized carbons (Fsp3) is 0.267. The predicted octanol–water partition coefficient (Wildman–Crippen LogP) is 5.30. The third kappa shape index (κ3) is 5.52. The van der Waals surface area contributed by atoms with Gasteiger partial charge < -0.3 is 29.4 Å². The second-order valence-corrected chi connectivity index (χ2v) is 8.66. The number of aryl methyl sites for hydroxylation is 1. The molecule has 1 atom stereocenters. The fourth-order valence-electron chi connectivity index (χ4n) is 4.27. The summed E-state index contributed by atoms with van der Waals surface area (Å²) in [6, 6.07) is 18.4. The van der Waals surface area contributed by atoms with Crippen LogP contribution in [0.15, 0.2) is 66.1 Å². The van der Waals surface area contributed by atoms with Gasteiger partial charge in [-0.3, -0.25) is 0 Å². The maximum absolute atomic E-state index is 12.5. The Hall–Kier alpha value is -4.64. The molecule has 38 heavy (non-hydrogen) atoms. The number of hydrogen-bond acceptors (Lipinski definition) is 8. The van der Waals surface area contributed by atoms with Crippen molar-refractivity contribution in [3.05, 3.63) is 88.3 Å². The van der Waals surface area contributed by atoms with Crippen LogP contribution in [-0.4, -0.2) is 25.8 Å². The zero-order valence-electron chi connectivity index (χ0n) is 21.9. The average Bonchev–Trinajstić information content (AvgIpc) is 2.90. The van der Waals surface area contributed by atoms with E-state index in [9.17, 15) is 10.1 Å². The molecule has 0 amide bonds. The van der Waals surface area contributed by atoms with Crippen molar-refractivity contribution in [1.29, 1.82) is 5.26 Å². The Labute approximate surface area is 222 Å². The highest BCUT2D eigenvalue weighted by molar-refractivity contribution is 5.74. The smallest absolute Gasteiger partial charge is 0.349 e. The van der Waals surface area contributed by atoms with E-state index >= 15 is 0 Å². The molecule has 0 radical (unpaired) electrons. The molecule has 1 aliphatic heterocycles. The quantitative estimate of drug-likeness (QED) is 0.302. The minimum atomic E-state index is -0.563. The lowest BCUT2D eigenvalue weighted by Gasteiger charge is -2.27. The van der Waals surface area contributed by atoms with Gasteiger partial charge in [-0.05, 0) is 68.7 Å². The topological polar surface area (TPSA) is 113 Å². The molecule has 1 heterocycles. The van der Waals surface area contributed by atoms with Crippen LogP contribution in [0.25, 0.3) is 0 Å². The maximum atomic E-state index is 12.5. The third-order valence-corrected chi connectivity index (χ3v) is 6.22. The molecule has 1 aliphatic rings. The SMILES string of the molecule is CCOc1ccc(C2C(C#N)=C(N)Oc3cc(OC(=O)COc4cccc(C)c4C)ccc32)cc1OCC. The lowest BCUT2D eigenvalue weighted by molar-refractivity contribution is -0.136. The van der Waals surface area contributed by atoms with E-state index in [0.717, 1.165) is 16.7 Å². The van der Waals surface area contributed by atoms with E-state index in [2.05, 4.69) is 6.07 Å². The van der Waals surface area contributed by atoms with Crippen LogP contribution < -0.4 is 29.4 Å². The van der Waals surface area contributed by atoms with Gasteiger partial charge in [-0.25, -0.2) is 4.79 Å². The monoisotopic (exact) mass is 514 g/mol. The zero-order chi connectivity index (χ0) is 27.2. The maximum Gasteiger partial charge on any atom is 0.349 e. The second-order valence-electron chi connectivity index (χ2n) is 8.66. The van der Waals surface area contributed by atoms with Gasteiger partial charge in [-0.1, -0.05) is 24.3 Å². The normalized spacial score (nSPS) is 14.1. The van der Waals surface area contributed by atoms with Crippen LogP contribution in [-0.2, 0) is 4.79 Å². The van der Waals surface area contributed by atoms with Gasteiger partial charge in [0.05, 0.1) is 19.1 Å². The highest BCUT2D eigenvalue weighted by Gasteiger charge is 2.32. The van der Waals surface area contributed by atoms with Crippen molar-refractivity contribution in [1.82, 2.24) is 0 Å². The van der Waals surface area contributed by atoms with Gasteiger partial charge in [0.2, 0.25) is 5.88 Å². The molecule has 1 unspecified atom stereocenters. The standard InChI is InChI=1S/C30H30N2O6/c1-5-34-25-13-10-20(14-27(25)35-6-2)29-22-12-11-21(15-26(22)38-30(32)23(29)16-31)37-28(33)17-36-24-9-7-8-18(3)19(24)4/h7-15,29H,5-6,17,32H2,1-4H3. The van der Waals surface area contributed by atoms with Gasteiger partial charge in [-0.15, -0.1) is 0 Å². The Morgan fingerprint density at radius 1 is 0.974 bits per heavy atom. The molecule has 3 aromatic carbocycles. The summed E-state index contributed by atoms with van der Waals surface area (Å²) in [5.41, 5.74) is 9.94. The molecule has 3 aromatic rings. The van der Waals surface area contributed by atoms with Crippen LogP contribution in [0.3, 0.4) is 0 Å².